The minimum absolute atomic E-state index is 0.738. The molecule has 1 atom stereocenters. The average molecular weight is 250 g/mol. The zero-order valence-electron chi connectivity index (χ0n) is 11.1. The van der Waals surface area contributed by atoms with Gasteiger partial charge in [0.25, 0.3) is 0 Å². The van der Waals surface area contributed by atoms with Crippen LogP contribution in [-0.4, -0.2) is 58.7 Å². The molecule has 1 aromatic rings. The molecule has 0 aromatic carbocycles. The average Bonchev–Trinajstić information content (AvgIpc) is 2.82. The van der Waals surface area contributed by atoms with E-state index in [1.165, 1.54) is 45.4 Å². The van der Waals surface area contributed by atoms with Gasteiger partial charge in [0.1, 0.15) is 0 Å². The maximum Gasteiger partial charge on any atom is 0.227 e. The summed E-state index contributed by atoms with van der Waals surface area (Å²) in [6.45, 7) is 7.85. The van der Waals surface area contributed by atoms with Gasteiger partial charge in [-0.3, -0.25) is 9.80 Å². The van der Waals surface area contributed by atoms with Crippen LogP contribution in [0.4, 0.5) is 0 Å². The fourth-order valence-corrected chi connectivity index (χ4v) is 3.12. The number of piperidine rings is 1. The second-order valence-electron chi connectivity index (χ2n) is 5.47. The van der Waals surface area contributed by atoms with Crippen molar-refractivity contribution < 1.29 is 4.52 Å². The van der Waals surface area contributed by atoms with Gasteiger partial charge in [0.05, 0.1) is 0 Å². The van der Waals surface area contributed by atoms with Gasteiger partial charge in [0.15, 0.2) is 5.82 Å². The number of hydrogen-bond donors (Lipinski definition) is 0. The molecular formula is C13H22N4O. The molecule has 1 aromatic heterocycles. The van der Waals surface area contributed by atoms with E-state index in [4.69, 9.17) is 4.52 Å². The topological polar surface area (TPSA) is 45.4 Å². The van der Waals surface area contributed by atoms with Crippen LogP contribution in [0.2, 0.25) is 0 Å². The van der Waals surface area contributed by atoms with E-state index in [-0.39, 0.29) is 0 Å². The number of nitrogens with zero attached hydrogens (tertiary/aromatic N) is 4. The van der Waals surface area contributed by atoms with Crippen LogP contribution < -0.4 is 0 Å². The lowest BCUT2D eigenvalue weighted by molar-refractivity contribution is 0.0491. The lowest BCUT2D eigenvalue weighted by Crippen LogP contribution is -2.55. The second kappa shape index (κ2) is 5.36. The van der Waals surface area contributed by atoms with Gasteiger partial charge in [-0.25, -0.2) is 0 Å². The Kier molecular flexibility index (Phi) is 3.61. The first-order chi connectivity index (χ1) is 8.81. The molecule has 3 heterocycles. The van der Waals surface area contributed by atoms with Crippen LogP contribution in [-0.2, 0) is 6.42 Å². The van der Waals surface area contributed by atoms with Crippen molar-refractivity contribution in [3.05, 3.63) is 11.7 Å². The van der Waals surface area contributed by atoms with Crippen molar-refractivity contribution in [2.45, 2.75) is 38.6 Å². The molecule has 2 aliphatic rings. The van der Waals surface area contributed by atoms with E-state index in [9.17, 15) is 0 Å². The molecule has 100 valence electrons. The van der Waals surface area contributed by atoms with E-state index >= 15 is 0 Å². The predicted molar refractivity (Wildman–Crippen MR) is 68.4 cm³/mol. The van der Waals surface area contributed by atoms with E-state index in [2.05, 4.69) is 19.9 Å². The summed E-state index contributed by atoms with van der Waals surface area (Å²) in [7, 11) is 0. The highest BCUT2D eigenvalue weighted by Crippen LogP contribution is 2.21. The van der Waals surface area contributed by atoms with Gasteiger partial charge < -0.3 is 4.52 Å². The molecular weight excluding hydrogens is 228 g/mol. The van der Waals surface area contributed by atoms with Gasteiger partial charge >= 0.3 is 0 Å². The van der Waals surface area contributed by atoms with Crippen LogP contribution in [0, 0.1) is 6.92 Å². The van der Waals surface area contributed by atoms with Crippen LogP contribution >= 0.6 is 0 Å². The summed E-state index contributed by atoms with van der Waals surface area (Å²) in [6, 6.07) is 0.789. The quantitative estimate of drug-likeness (QED) is 0.803. The lowest BCUT2D eigenvalue weighted by atomic mass is 9.99. The number of hydrogen-bond acceptors (Lipinski definition) is 5. The van der Waals surface area contributed by atoms with Crippen molar-refractivity contribution in [3.63, 3.8) is 0 Å². The molecule has 2 aliphatic heterocycles. The Balaban J connectivity index is 1.49. The molecule has 18 heavy (non-hydrogen) atoms. The van der Waals surface area contributed by atoms with Gasteiger partial charge in [-0.1, -0.05) is 11.6 Å². The molecule has 0 aliphatic carbocycles. The van der Waals surface area contributed by atoms with Gasteiger partial charge in [-0.05, 0) is 26.3 Å². The molecule has 1 unspecified atom stereocenters. The zero-order valence-corrected chi connectivity index (χ0v) is 11.1. The van der Waals surface area contributed by atoms with E-state index in [0.717, 1.165) is 30.7 Å². The summed E-state index contributed by atoms with van der Waals surface area (Å²) in [4.78, 5) is 9.47. The highest BCUT2D eigenvalue weighted by atomic mass is 16.5. The molecule has 0 spiro atoms. The molecule has 0 radical (unpaired) electrons. The molecule has 2 saturated heterocycles. The number of aryl methyl sites for hydroxylation is 1. The zero-order chi connectivity index (χ0) is 12.4. The standard InChI is InChI=1S/C13H22N4O/c1-11-14-13(18-15-11)5-7-16-8-9-17-6-3-2-4-12(17)10-16/h12H,2-10H2,1H3. The van der Waals surface area contributed by atoms with Crippen LogP contribution in [0.3, 0.4) is 0 Å². The third kappa shape index (κ3) is 2.72. The molecule has 0 saturated carbocycles. The molecule has 5 heteroatoms. The Hall–Kier alpha value is -0.940. The van der Waals surface area contributed by atoms with Crippen LogP contribution in [0.15, 0.2) is 4.52 Å². The van der Waals surface area contributed by atoms with E-state index in [1.807, 2.05) is 6.92 Å². The van der Waals surface area contributed by atoms with Gasteiger partial charge in [0.2, 0.25) is 5.89 Å². The second-order valence-corrected chi connectivity index (χ2v) is 5.47. The molecule has 0 N–H and O–H groups in total. The van der Waals surface area contributed by atoms with Gasteiger partial charge in [-0.2, -0.15) is 4.98 Å². The Morgan fingerprint density at radius 1 is 1.28 bits per heavy atom. The van der Waals surface area contributed by atoms with Crippen LogP contribution in [0.1, 0.15) is 31.0 Å². The predicted octanol–water partition coefficient (Wildman–Crippen LogP) is 1.09. The summed E-state index contributed by atoms with van der Waals surface area (Å²) >= 11 is 0. The van der Waals surface area contributed by atoms with Crippen molar-refractivity contribution in [1.82, 2.24) is 19.9 Å². The SMILES string of the molecule is Cc1noc(CCN2CCN3CCCCC3C2)n1. The smallest absolute Gasteiger partial charge is 0.227 e. The minimum atomic E-state index is 0.738. The molecule has 0 bridgehead atoms. The number of rotatable bonds is 3. The number of piperazine rings is 1. The highest BCUT2D eigenvalue weighted by Gasteiger charge is 2.28. The first kappa shape index (κ1) is 12.1. The summed E-state index contributed by atoms with van der Waals surface area (Å²) in [5.74, 6) is 1.51. The highest BCUT2D eigenvalue weighted by molar-refractivity contribution is 4.88. The Labute approximate surface area is 108 Å². The van der Waals surface area contributed by atoms with Crippen molar-refractivity contribution in [3.8, 4) is 0 Å². The maximum atomic E-state index is 5.16. The van der Waals surface area contributed by atoms with Crippen LogP contribution in [0.5, 0.6) is 0 Å². The summed E-state index contributed by atoms with van der Waals surface area (Å²) in [5, 5.41) is 3.83. The maximum absolute atomic E-state index is 5.16. The van der Waals surface area contributed by atoms with Crippen molar-refractivity contribution in [2.24, 2.45) is 0 Å². The first-order valence-corrected chi connectivity index (χ1v) is 7.07. The monoisotopic (exact) mass is 250 g/mol. The Morgan fingerprint density at radius 3 is 3.06 bits per heavy atom. The van der Waals surface area contributed by atoms with E-state index in [1.54, 1.807) is 0 Å². The third-order valence-electron chi connectivity index (χ3n) is 4.13. The van der Waals surface area contributed by atoms with Crippen molar-refractivity contribution in [2.75, 3.05) is 32.7 Å². The van der Waals surface area contributed by atoms with Crippen molar-refractivity contribution in [1.29, 1.82) is 0 Å². The molecule has 2 fully saturated rings. The Bertz CT molecular complexity index is 392. The van der Waals surface area contributed by atoms with Crippen molar-refractivity contribution >= 4 is 0 Å². The van der Waals surface area contributed by atoms with Crippen LogP contribution in [0.25, 0.3) is 0 Å². The summed E-state index contributed by atoms with van der Waals surface area (Å²) in [5.41, 5.74) is 0. The van der Waals surface area contributed by atoms with Gasteiger partial charge in [-0.15, -0.1) is 0 Å². The Morgan fingerprint density at radius 2 is 2.22 bits per heavy atom. The normalized spacial score (nSPS) is 26.2. The minimum Gasteiger partial charge on any atom is -0.339 e. The molecule has 3 rings (SSSR count). The number of fused-ring (bicyclic) bond motifs is 1. The van der Waals surface area contributed by atoms with Gasteiger partial charge in [0, 0.05) is 38.6 Å². The third-order valence-corrected chi connectivity index (χ3v) is 4.13. The summed E-state index contributed by atoms with van der Waals surface area (Å²) < 4.78 is 5.16. The fourth-order valence-electron chi connectivity index (χ4n) is 3.12. The molecule has 5 nitrogen and oxygen atoms in total. The fraction of sp³-hybridized carbons (Fsp3) is 0.846. The summed E-state index contributed by atoms with van der Waals surface area (Å²) in [6.07, 6.45) is 5.04. The van der Waals surface area contributed by atoms with E-state index in [0.29, 0.717) is 0 Å². The molecule has 0 amide bonds. The largest absolute Gasteiger partial charge is 0.339 e. The number of aromatic nitrogens is 2. The lowest BCUT2D eigenvalue weighted by Gasteiger charge is -2.44. The first-order valence-electron chi connectivity index (χ1n) is 7.07. The van der Waals surface area contributed by atoms with E-state index < -0.39 is 0 Å².